The molecule has 3 N–H and O–H groups in total. The number of anilines is 3. The minimum absolute atomic E-state index is 0.320. The fraction of sp³-hybridized carbons (Fsp3) is 0.692. The fourth-order valence-electron chi connectivity index (χ4n) is 3.11. The number of nitrogens with two attached hydrogens (primary N) is 1. The van der Waals surface area contributed by atoms with Gasteiger partial charge in [-0.1, -0.05) is 12.8 Å². The Bertz CT molecular complexity index is 451. The van der Waals surface area contributed by atoms with E-state index in [0.29, 0.717) is 18.1 Å². The van der Waals surface area contributed by atoms with Crippen LogP contribution in [-0.2, 0) is 4.74 Å². The molecule has 104 valence electrons. The molecule has 1 saturated heterocycles. The molecule has 2 unspecified atom stereocenters. The lowest BCUT2D eigenvalue weighted by atomic mass is 9.90. The average molecular weight is 263 g/mol. The first-order valence-corrected chi connectivity index (χ1v) is 6.98. The van der Waals surface area contributed by atoms with Gasteiger partial charge in [0.25, 0.3) is 0 Å². The summed E-state index contributed by atoms with van der Waals surface area (Å²) in [5.41, 5.74) is 5.79. The van der Waals surface area contributed by atoms with Crippen molar-refractivity contribution in [2.24, 2.45) is 0 Å². The van der Waals surface area contributed by atoms with Crippen LogP contribution in [0.4, 0.5) is 17.6 Å². The number of nitrogen functional groups attached to an aromatic ring is 1. The number of rotatable bonds is 2. The van der Waals surface area contributed by atoms with Crippen LogP contribution in [0.2, 0.25) is 0 Å². The van der Waals surface area contributed by atoms with E-state index >= 15 is 0 Å². The number of hydrogen-bond donors (Lipinski definition) is 2. The maximum absolute atomic E-state index is 5.89. The monoisotopic (exact) mass is 263 g/mol. The van der Waals surface area contributed by atoms with E-state index in [2.05, 4.69) is 20.2 Å². The lowest BCUT2D eigenvalue weighted by Gasteiger charge is -2.44. The average Bonchev–Trinajstić information content (AvgIpc) is 2.46. The number of hydrogen-bond acceptors (Lipinski definition) is 6. The standard InChI is InChI=1S/C13H21N5O/c1-15-11-8-12(17-13(14)16-11)18-6-7-19-10-5-3-2-4-9(10)18/h8-10H,2-7H2,1H3,(H3,14,15,16,17). The first-order chi connectivity index (χ1) is 9.28. The molecule has 19 heavy (non-hydrogen) atoms. The van der Waals surface area contributed by atoms with Gasteiger partial charge in [-0.25, -0.2) is 0 Å². The van der Waals surface area contributed by atoms with Gasteiger partial charge in [-0.05, 0) is 12.8 Å². The third-order valence-electron chi connectivity index (χ3n) is 4.01. The second kappa shape index (κ2) is 5.21. The molecule has 0 spiro atoms. The highest BCUT2D eigenvalue weighted by molar-refractivity contribution is 5.53. The number of fused-ring (bicyclic) bond motifs is 1. The normalized spacial score (nSPS) is 26.9. The number of nitrogens with zero attached hydrogens (tertiary/aromatic N) is 3. The van der Waals surface area contributed by atoms with Crippen molar-refractivity contribution in [2.75, 3.05) is 36.1 Å². The molecule has 1 aromatic rings. The molecule has 1 aliphatic carbocycles. The summed E-state index contributed by atoms with van der Waals surface area (Å²) in [5.74, 6) is 2.00. The summed E-state index contributed by atoms with van der Waals surface area (Å²) in [6, 6.07) is 2.40. The van der Waals surface area contributed by atoms with Gasteiger partial charge in [0.1, 0.15) is 11.6 Å². The summed E-state index contributed by atoms with van der Waals surface area (Å²) < 4.78 is 5.89. The topological polar surface area (TPSA) is 76.3 Å². The van der Waals surface area contributed by atoms with Gasteiger partial charge in [0.15, 0.2) is 0 Å². The Kier molecular flexibility index (Phi) is 3.42. The second-order valence-electron chi connectivity index (χ2n) is 5.17. The molecule has 1 saturated carbocycles. The summed E-state index contributed by atoms with van der Waals surface area (Å²) >= 11 is 0. The van der Waals surface area contributed by atoms with Crippen molar-refractivity contribution in [3.63, 3.8) is 0 Å². The van der Waals surface area contributed by atoms with Crippen molar-refractivity contribution in [2.45, 2.75) is 37.8 Å². The van der Waals surface area contributed by atoms with E-state index in [4.69, 9.17) is 10.5 Å². The zero-order valence-electron chi connectivity index (χ0n) is 11.3. The van der Waals surface area contributed by atoms with Gasteiger partial charge in [0, 0.05) is 19.7 Å². The molecule has 2 aliphatic rings. The highest BCUT2D eigenvalue weighted by atomic mass is 16.5. The van der Waals surface area contributed by atoms with Crippen molar-refractivity contribution in [3.8, 4) is 0 Å². The Labute approximate surface area is 113 Å². The van der Waals surface area contributed by atoms with E-state index in [-0.39, 0.29) is 0 Å². The van der Waals surface area contributed by atoms with Gasteiger partial charge >= 0.3 is 0 Å². The Morgan fingerprint density at radius 3 is 3.05 bits per heavy atom. The van der Waals surface area contributed by atoms with E-state index in [1.807, 2.05) is 13.1 Å². The summed E-state index contributed by atoms with van der Waals surface area (Å²) in [6.07, 6.45) is 5.20. The number of morpholine rings is 1. The van der Waals surface area contributed by atoms with E-state index in [9.17, 15) is 0 Å². The third kappa shape index (κ3) is 2.45. The van der Waals surface area contributed by atoms with Crippen LogP contribution < -0.4 is 16.0 Å². The molecule has 3 rings (SSSR count). The van der Waals surface area contributed by atoms with Crippen LogP contribution in [0.15, 0.2) is 6.07 Å². The maximum Gasteiger partial charge on any atom is 0.223 e. The molecule has 0 bridgehead atoms. The summed E-state index contributed by atoms with van der Waals surface area (Å²) in [4.78, 5) is 10.9. The zero-order chi connectivity index (χ0) is 13.2. The lowest BCUT2D eigenvalue weighted by Crippen LogP contribution is -2.53. The molecule has 0 aromatic carbocycles. The molecule has 0 radical (unpaired) electrons. The van der Waals surface area contributed by atoms with Crippen LogP contribution in [0.3, 0.4) is 0 Å². The Morgan fingerprint density at radius 2 is 2.21 bits per heavy atom. The fourth-order valence-corrected chi connectivity index (χ4v) is 3.11. The molecule has 6 heteroatoms. The van der Waals surface area contributed by atoms with Crippen LogP contribution in [0.5, 0.6) is 0 Å². The molecule has 6 nitrogen and oxygen atoms in total. The van der Waals surface area contributed by atoms with Crippen LogP contribution >= 0.6 is 0 Å². The van der Waals surface area contributed by atoms with Gasteiger partial charge in [-0.15, -0.1) is 0 Å². The predicted molar refractivity (Wildman–Crippen MR) is 75.3 cm³/mol. The van der Waals surface area contributed by atoms with Gasteiger partial charge in [0.05, 0.1) is 18.8 Å². The summed E-state index contributed by atoms with van der Waals surface area (Å²) in [6.45, 7) is 1.64. The Hall–Kier alpha value is -1.56. The van der Waals surface area contributed by atoms with Crippen molar-refractivity contribution in [1.29, 1.82) is 0 Å². The molecule has 0 amide bonds. The summed E-state index contributed by atoms with van der Waals surface area (Å²) in [5, 5.41) is 3.03. The zero-order valence-corrected chi connectivity index (χ0v) is 11.3. The van der Waals surface area contributed by atoms with Crippen LogP contribution in [0.1, 0.15) is 25.7 Å². The van der Waals surface area contributed by atoms with Crippen LogP contribution in [-0.4, -0.2) is 42.3 Å². The molecule has 1 aromatic heterocycles. The summed E-state index contributed by atoms with van der Waals surface area (Å²) in [7, 11) is 1.84. The first kappa shape index (κ1) is 12.5. The van der Waals surface area contributed by atoms with Crippen molar-refractivity contribution >= 4 is 17.6 Å². The maximum atomic E-state index is 5.89. The van der Waals surface area contributed by atoms with Gasteiger partial charge < -0.3 is 20.7 Å². The van der Waals surface area contributed by atoms with E-state index < -0.39 is 0 Å². The highest BCUT2D eigenvalue weighted by Crippen LogP contribution is 2.31. The van der Waals surface area contributed by atoms with Gasteiger partial charge in [-0.3, -0.25) is 0 Å². The van der Waals surface area contributed by atoms with Crippen molar-refractivity contribution in [3.05, 3.63) is 6.07 Å². The molecule has 2 fully saturated rings. The van der Waals surface area contributed by atoms with E-state index in [0.717, 1.165) is 31.2 Å². The SMILES string of the molecule is CNc1cc(N2CCOC3CCCCC32)nc(N)n1. The van der Waals surface area contributed by atoms with E-state index in [1.54, 1.807) is 0 Å². The van der Waals surface area contributed by atoms with Gasteiger partial charge in [0.2, 0.25) is 5.95 Å². The molecular weight excluding hydrogens is 242 g/mol. The van der Waals surface area contributed by atoms with Crippen LogP contribution in [0.25, 0.3) is 0 Å². The van der Waals surface area contributed by atoms with Crippen molar-refractivity contribution in [1.82, 2.24) is 9.97 Å². The second-order valence-corrected chi connectivity index (χ2v) is 5.17. The number of aromatic nitrogens is 2. The molecule has 2 heterocycles. The highest BCUT2D eigenvalue weighted by Gasteiger charge is 2.35. The first-order valence-electron chi connectivity index (χ1n) is 6.98. The number of nitrogens with one attached hydrogen (secondary N) is 1. The van der Waals surface area contributed by atoms with Gasteiger partial charge in [-0.2, -0.15) is 9.97 Å². The largest absolute Gasteiger partial charge is 0.374 e. The molecule has 2 atom stereocenters. The minimum atomic E-state index is 0.320. The minimum Gasteiger partial charge on any atom is -0.374 e. The molecule has 1 aliphatic heterocycles. The van der Waals surface area contributed by atoms with Crippen LogP contribution in [0, 0.1) is 0 Å². The van der Waals surface area contributed by atoms with Crippen molar-refractivity contribution < 1.29 is 4.74 Å². The quantitative estimate of drug-likeness (QED) is 0.836. The lowest BCUT2D eigenvalue weighted by molar-refractivity contribution is -0.00898. The third-order valence-corrected chi connectivity index (χ3v) is 4.01. The number of ether oxygens (including phenoxy) is 1. The molecular formula is C13H21N5O. The Morgan fingerprint density at radius 1 is 1.37 bits per heavy atom. The Balaban J connectivity index is 1.89. The predicted octanol–water partition coefficient (Wildman–Crippen LogP) is 1.25. The van der Waals surface area contributed by atoms with E-state index in [1.165, 1.54) is 19.3 Å². The smallest absolute Gasteiger partial charge is 0.223 e.